The van der Waals surface area contributed by atoms with Gasteiger partial charge in [0.05, 0.1) is 24.1 Å². The molecule has 0 saturated carbocycles. The van der Waals surface area contributed by atoms with Crippen LogP contribution < -0.4 is 0 Å². The van der Waals surface area contributed by atoms with Gasteiger partial charge in [-0.05, 0) is 18.2 Å². The number of carboxylic acid groups (broad SMARTS) is 1. The number of aromatic carboxylic acids is 1. The predicted octanol–water partition coefficient (Wildman–Crippen LogP) is 0.458. The molecule has 16 heavy (non-hydrogen) atoms. The molecular weight excluding hydrogens is 210 g/mol. The van der Waals surface area contributed by atoms with Gasteiger partial charge in [0.2, 0.25) is 0 Å². The Bertz CT molecular complexity index is 522. The zero-order chi connectivity index (χ0) is 11.5. The fourth-order valence-corrected chi connectivity index (χ4v) is 1.28. The van der Waals surface area contributed by atoms with Crippen molar-refractivity contribution in [1.29, 1.82) is 0 Å². The normalized spacial score (nSPS) is 10.3. The lowest BCUT2D eigenvalue weighted by atomic mass is 10.2. The van der Waals surface area contributed by atoms with Gasteiger partial charge in [0, 0.05) is 0 Å². The summed E-state index contributed by atoms with van der Waals surface area (Å²) in [5, 5.41) is 25.1. The number of aliphatic hydroxyl groups excluding tert-OH is 1. The molecule has 0 aliphatic carbocycles. The van der Waals surface area contributed by atoms with Crippen molar-refractivity contribution < 1.29 is 15.0 Å². The summed E-state index contributed by atoms with van der Waals surface area (Å²) >= 11 is 0. The van der Waals surface area contributed by atoms with Gasteiger partial charge in [-0.25, -0.2) is 9.48 Å². The Morgan fingerprint density at radius 2 is 2.25 bits per heavy atom. The zero-order valence-corrected chi connectivity index (χ0v) is 8.24. The third kappa shape index (κ3) is 1.91. The molecule has 0 amide bonds. The molecule has 1 aromatic carbocycles. The zero-order valence-electron chi connectivity index (χ0n) is 8.24. The Kier molecular flexibility index (Phi) is 2.65. The minimum atomic E-state index is -0.996. The first-order valence-electron chi connectivity index (χ1n) is 4.56. The van der Waals surface area contributed by atoms with Crippen molar-refractivity contribution in [2.45, 2.75) is 6.61 Å². The van der Waals surface area contributed by atoms with Gasteiger partial charge in [0.15, 0.2) is 0 Å². The summed E-state index contributed by atoms with van der Waals surface area (Å²) in [5.74, 6) is -0.996. The van der Waals surface area contributed by atoms with Crippen LogP contribution >= 0.6 is 0 Å². The Balaban J connectivity index is 2.40. The number of aromatic nitrogens is 3. The van der Waals surface area contributed by atoms with Gasteiger partial charge in [0.1, 0.15) is 5.69 Å². The maximum absolute atomic E-state index is 10.8. The molecule has 0 fully saturated rings. The summed E-state index contributed by atoms with van der Waals surface area (Å²) in [4.78, 5) is 10.8. The van der Waals surface area contributed by atoms with Crippen LogP contribution in [0.25, 0.3) is 5.69 Å². The van der Waals surface area contributed by atoms with Crippen molar-refractivity contribution >= 4 is 5.97 Å². The fourth-order valence-electron chi connectivity index (χ4n) is 1.28. The van der Waals surface area contributed by atoms with Crippen molar-refractivity contribution in [3.05, 3.63) is 41.7 Å². The summed E-state index contributed by atoms with van der Waals surface area (Å²) in [6.07, 6.45) is 1.54. The van der Waals surface area contributed by atoms with E-state index >= 15 is 0 Å². The summed E-state index contributed by atoms with van der Waals surface area (Å²) in [6.45, 7) is -0.196. The van der Waals surface area contributed by atoms with Crippen LogP contribution in [-0.2, 0) is 6.61 Å². The standard InChI is InChI=1S/C10H9N3O3/c14-6-8-5-13(12-11-8)9-3-1-2-7(4-9)10(15)16/h1-5,14H,6H2,(H,15,16). The van der Waals surface area contributed by atoms with Gasteiger partial charge in [-0.1, -0.05) is 11.3 Å². The van der Waals surface area contributed by atoms with Crippen LogP contribution in [0.2, 0.25) is 0 Å². The second-order valence-corrected chi connectivity index (χ2v) is 3.17. The van der Waals surface area contributed by atoms with Gasteiger partial charge in [-0.15, -0.1) is 5.10 Å². The molecule has 82 valence electrons. The minimum Gasteiger partial charge on any atom is -0.478 e. The molecule has 0 spiro atoms. The maximum atomic E-state index is 10.8. The van der Waals surface area contributed by atoms with E-state index in [1.807, 2.05) is 0 Å². The molecule has 0 saturated heterocycles. The third-order valence-electron chi connectivity index (χ3n) is 2.06. The van der Waals surface area contributed by atoms with Crippen LogP contribution in [0.5, 0.6) is 0 Å². The van der Waals surface area contributed by atoms with E-state index in [4.69, 9.17) is 10.2 Å². The Morgan fingerprint density at radius 3 is 2.88 bits per heavy atom. The molecule has 6 nitrogen and oxygen atoms in total. The van der Waals surface area contributed by atoms with E-state index in [2.05, 4.69) is 10.3 Å². The third-order valence-corrected chi connectivity index (χ3v) is 2.06. The van der Waals surface area contributed by atoms with Gasteiger partial charge >= 0.3 is 5.97 Å². The molecule has 0 unspecified atom stereocenters. The van der Waals surface area contributed by atoms with Crippen LogP contribution in [0, 0.1) is 0 Å². The average Bonchev–Trinajstić information content (AvgIpc) is 2.77. The first kappa shape index (κ1) is 10.3. The number of nitrogens with zero attached hydrogens (tertiary/aromatic N) is 3. The predicted molar refractivity (Wildman–Crippen MR) is 54.2 cm³/mol. The van der Waals surface area contributed by atoms with Gasteiger partial charge < -0.3 is 10.2 Å². The van der Waals surface area contributed by atoms with Gasteiger partial charge in [0.25, 0.3) is 0 Å². The van der Waals surface area contributed by atoms with Crippen LogP contribution in [-0.4, -0.2) is 31.2 Å². The van der Waals surface area contributed by atoms with E-state index in [1.165, 1.54) is 16.8 Å². The van der Waals surface area contributed by atoms with E-state index < -0.39 is 5.97 Å². The molecule has 2 aromatic rings. The van der Waals surface area contributed by atoms with E-state index in [-0.39, 0.29) is 12.2 Å². The molecule has 1 heterocycles. The molecule has 6 heteroatoms. The monoisotopic (exact) mass is 219 g/mol. The van der Waals surface area contributed by atoms with Crippen molar-refractivity contribution in [2.75, 3.05) is 0 Å². The smallest absolute Gasteiger partial charge is 0.335 e. The second-order valence-electron chi connectivity index (χ2n) is 3.17. The number of rotatable bonds is 3. The van der Waals surface area contributed by atoms with Crippen molar-refractivity contribution in [3.8, 4) is 5.69 Å². The molecule has 1 aromatic heterocycles. The molecule has 0 aliphatic heterocycles. The van der Waals surface area contributed by atoms with Gasteiger partial charge in [-0.2, -0.15) is 0 Å². The van der Waals surface area contributed by atoms with Gasteiger partial charge in [-0.3, -0.25) is 0 Å². The van der Waals surface area contributed by atoms with Crippen LogP contribution in [0.1, 0.15) is 16.1 Å². The Hall–Kier alpha value is -2.21. The van der Waals surface area contributed by atoms with E-state index in [0.29, 0.717) is 11.4 Å². The first-order valence-corrected chi connectivity index (χ1v) is 4.56. The van der Waals surface area contributed by atoms with Crippen LogP contribution in [0.3, 0.4) is 0 Å². The lowest BCUT2D eigenvalue weighted by Crippen LogP contribution is -2.00. The fraction of sp³-hybridized carbons (Fsp3) is 0.100. The molecule has 0 bridgehead atoms. The molecule has 2 rings (SSSR count). The number of hydrogen-bond donors (Lipinski definition) is 2. The Labute approximate surface area is 90.8 Å². The highest BCUT2D eigenvalue weighted by Gasteiger charge is 2.06. The van der Waals surface area contributed by atoms with E-state index in [9.17, 15) is 4.79 Å². The molecule has 2 N–H and O–H groups in total. The number of benzene rings is 1. The summed E-state index contributed by atoms with van der Waals surface area (Å²) in [6, 6.07) is 6.31. The van der Waals surface area contributed by atoms with Crippen molar-refractivity contribution in [2.24, 2.45) is 0 Å². The highest BCUT2D eigenvalue weighted by Crippen LogP contribution is 2.10. The largest absolute Gasteiger partial charge is 0.478 e. The number of aliphatic hydroxyl groups is 1. The quantitative estimate of drug-likeness (QED) is 0.782. The highest BCUT2D eigenvalue weighted by atomic mass is 16.4. The van der Waals surface area contributed by atoms with Crippen molar-refractivity contribution in [3.63, 3.8) is 0 Å². The highest BCUT2D eigenvalue weighted by molar-refractivity contribution is 5.88. The number of hydrogen-bond acceptors (Lipinski definition) is 4. The summed E-state index contributed by atoms with van der Waals surface area (Å²) < 4.78 is 1.41. The minimum absolute atomic E-state index is 0.179. The summed E-state index contributed by atoms with van der Waals surface area (Å²) in [5.41, 5.74) is 1.20. The van der Waals surface area contributed by atoms with E-state index in [0.717, 1.165) is 0 Å². The first-order chi connectivity index (χ1) is 7.70. The lowest BCUT2D eigenvalue weighted by molar-refractivity contribution is 0.0697. The SMILES string of the molecule is O=C(O)c1cccc(-n2cc(CO)nn2)c1. The lowest BCUT2D eigenvalue weighted by Gasteiger charge is -2.00. The van der Waals surface area contributed by atoms with Crippen molar-refractivity contribution in [1.82, 2.24) is 15.0 Å². The topological polar surface area (TPSA) is 88.2 Å². The molecule has 0 atom stereocenters. The van der Waals surface area contributed by atoms with Crippen LogP contribution in [0.15, 0.2) is 30.5 Å². The number of carboxylic acids is 1. The molecular formula is C10H9N3O3. The number of carbonyl (C=O) groups is 1. The van der Waals surface area contributed by atoms with Crippen LogP contribution in [0.4, 0.5) is 0 Å². The molecule has 0 radical (unpaired) electrons. The average molecular weight is 219 g/mol. The second kappa shape index (κ2) is 4.11. The maximum Gasteiger partial charge on any atom is 0.335 e. The van der Waals surface area contributed by atoms with E-state index in [1.54, 1.807) is 18.3 Å². The molecule has 0 aliphatic rings. The summed E-state index contributed by atoms with van der Waals surface area (Å²) in [7, 11) is 0. The Morgan fingerprint density at radius 1 is 1.44 bits per heavy atom.